The SMILES string of the molecule is CC(C)C[C@@H](CC(=O)NO)C(=O)N[C@@H](Cc1ccc(-c2ccccc2)cc1)C(=O)NCCc1ccc(O)cc1. The van der Waals surface area contributed by atoms with E-state index in [-0.39, 0.29) is 30.4 Å². The molecule has 8 heteroatoms. The Bertz CT molecular complexity index is 1210. The molecule has 0 aliphatic rings. The summed E-state index contributed by atoms with van der Waals surface area (Å²) in [7, 11) is 0. The predicted molar refractivity (Wildman–Crippen MR) is 150 cm³/mol. The Kier molecular flexibility index (Phi) is 11.1. The van der Waals surface area contributed by atoms with E-state index in [0.717, 1.165) is 22.3 Å². The minimum Gasteiger partial charge on any atom is -0.508 e. The van der Waals surface area contributed by atoms with Crippen LogP contribution < -0.4 is 16.1 Å². The number of nitrogens with one attached hydrogen (secondary N) is 3. The summed E-state index contributed by atoms with van der Waals surface area (Å²) in [6, 6.07) is 23.7. The van der Waals surface area contributed by atoms with Gasteiger partial charge in [-0.25, -0.2) is 5.48 Å². The first-order valence-electron chi connectivity index (χ1n) is 13.2. The molecular weight excluding hydrogens is 494 g/mol. The predicted octanol–water partition coefficient (Wildman–Crippen LogP) is 4.00. The molecule has 2 atom stereocenters. The molecule has 3 aromatic rings. The minimum atomic E-state index is -0.855. The van der Waals surface area contributed by atoms with Gasteiger partial charge in [-0.05, 0) is 53.1 Å². The number of phenolic OH excluding ortho intramolecular Hbond substituents is 1. The summed E-state index contributed by atoms with van der Waals surface area (Å²) in [5.41, 5.74) is 5.55. The molecule has 5 N–H and O–H groups in total. The summed E-state index contributed by atoms with van der Waals surface area (Å²) in [5, 5.41) is 24.2. The highest BCUT2D eigenvalue weighted by Gasteiger charge is 2.28. The maximum atomic E-state index is 13.3. The van der Waals surface area contributed by atoms with Gasteiger partial charge >= 0.3 is 0 Å². The Hall–Kier alpha value is -4.17. The van der Waals surface area contributed by atoms with Crippen molar-refractivity contribution in [1.82, 2.24) is 16.1 Å². The van der Waals surface area contributed by atoms with Crippen LogP contribution in [0.1, 0.15) is 37.8 Å². The van der Waals surface area contributed by atoms with Gasteiger partial charge in [0.25, 0.3) is 0 Å². The molecule has 0 heterocycles. The first kappa shape index (κ1) is 29.4. The fourth-order valence-electron chi connectivity index (χ4n) is 4.44. The molecule has 8 nitrogen and oxygen atoms in total. The molecule has 39 heavy (non-hydrogen) atoms. The lowest BCUT2D eigenvalue weighted by atomic mass is 9.92. The first-order valence-corrected chi connectivity index (χ1v) is 13.2. The summed E-state index contributed by atoms with van der Waals surface area (Å²) < 4.78 is 0. The Morgan fingerprint density at radius 1 is 0.795 bits per heavy atom. The molecule has 0 saturated carbocycles. The number of carbonyl (C=O) groups is 3. The second-order valence-electron chi connectivity index (χ2n) is 10.1. The zero-order chi connectivity index (χ0) is 28.2. The maximum Gasteiger partial charge on any atom is 0.244 e. The van der Waals surface area contributed by atoms with Gasteiger partial charge in [0.05, 0.1) is 0 Å². The third-order valence-corrected chi connectivity index (χ3v) is 6.47. The van der Waals surface area contributed by atoms with E-state index in [1.165, 1.54) is 0 Å². The number of hydrogen-bond donors (Lipinski definition) is 5. The maximum absolute atomic E-state index is 13.3. The van der Waals surface area contributed by atoms with Gasteiger partial charge in [-0.2, -0.15) is 0 Å². The Balaban J connectivity index is 1.73. The van der Waals surface area contributed by atoms with Crippen LogP contribution in [0.2, 0.25) is 0 Å². The number of hydroxylamine groups is 1. The molecule has 0 saturated heterocycles. The van der Waals surface area contributed by atoms with E-state index in [4.69, 9.17) is 5.21 Å². The van der Waals surface area contributed by atoms with Crippen molar-refractivity contribution in [2.24, 2.45) is 11.8 Å². The fourth-order valence-corrected chi connectivity index (χ4v) is 4.44. The highest BCUT2D eigenvalue weighted by molar-refractivity contribution is 5.90. The molecule has 0 radical (unpaired) electrons. The van der Waals surface area contributed by atoms with Gasteiger partial charge in [0, 0.05) is 25.3 Å². The van der Waals surface area contributed by atoms with Gasteiger partial charge in [-0.3, -0.25) is 19.6 Å². The molecule has 3 amide bonds. The average Bonchev–Trinajstić information content (AvgIpc) is 2.93. The third-order valence-electron chi connectivity index (χ3n) is 6.47. The number of benzene rings is 3. The molecule has 0 aromatic heterocycles. The lowest BCUT2D eigenvalue weighted by molar-refractivity contribution is -0.136. The minimum absolute atomic E-state index is 0.135. The van der Waals surface area contributed by atoms with Crippen molar-refractivity contribution in [2.75, 3.05) is 6.54 Å². The van der Waals surface area contributed by atoms with Crippen molar-refractivity contribution >= 4 is 17.7 Å². The molecule has 0 aliphatic heterocycles. The summed E-state index contributed by atoms with van der Waals surface area (Å²) >= 11 is 0. The van der Waals surface area contributed by atoms with Gasteiger partial charge in [-0.15, -0.1) is 0 Å². The van der Waals surface area contributed by atoms with Crippen LogP contribution in [0, 0.1) is 11.8 Å². The highest BCUT2D eigenvalue weighted by atomic mass is 16.5. The van der Waals surface area contributed by atoms with Gasteiger partial charge < -0.3 is 15.7 Å². The summed E-state index contributed by atoms with van der Waals surface area (Å²) in [6.45, 7) is 4.24. The standard InChI is InChI=1S/C31H37N3O5/c1-21(2)18-26(20-29(36)34-39)30(37)33-28(31(38)32-17-16-22-10-14-27(35)15-11-22)19-23-8-12-25(13-9-23)24-6-4-3-5-7-24/h3-15,21,26,28,35,39H,16-20H2,1-2H3,(H,32,38)(H,33,37)(H,34,36)/t26-,28-/m0/s1. The first-order chi connectivity index (χ1) is 18.7. The average molecular weight is 532 g/mol. The molecule has 0 unspecified atom stereocenters. The summed E-state index contributed by atoms with van der Waals surface area (Å²) in [4.78, 5) is 38.3. The van der Waals surface area contributed by atoms with Crippen LogP contribution in [0.3, 0.4) is 0 Å². The van der Waals surface area contributed by atoms with Crippen molar-refractivity contribution in [3.63, 3.8) is 0 Å². The zero-order valence-corrected chi connectivity index (χ0v) is 22.4. The highest BCUT2D eigenvalue weighted by Crippen LogP contribution is 2.21. The van der Waals surface area contributed by atoms with E-state index in [0.29, 0.717) is 19.4 Å². The van der Waals surface area contributed by atoms with Crippen LogP contribution >= 0.6 is 0 Å². The largest absolute Gasteiger partial charge is 0.508 e. The van der Waals surface area contributed by atoms with E-state index in [1.54, 1.807) is 29.7 Å². The normalized spacial score (nSPS) is 12.4. The molecular formula is C31H37N3O5. The van der Waals surface area contributed by atoms with Crippen molar-refractivity contribution < 1.29 is 24.7 Å². The molecule has 3 rings (SSSR count). The van der Waals surface area contributed by atoms with Gasteiger partial charge in [0.15, 0.2) is 0 Å². The monoisotopic (exact) mass is 531 g/mol. The number of amides is 3. The zero-order valence-electron chi connectivity index (χ0n) is 22.4. The second kappa shape index (κ2) is 14.7. The van der Waals surface area contributed by atoms with Crippen molar-refractivity contribution in [1.29, 1.82) is 0 Å². The van der Waals surface area contributed by atoms with Gasteiger partial charge in [0.1, 0.15) is 11.8 Å². The Labute approximate surface area is 229 Å². The summed E-state index contributed by atoms with van der Waals surface area (Å²) in [5.74, 6) is -1.77. The smallest absolute Gasteiger partial charge is 0.244 e. The number of rotatable bonds is 13. The van der Waals surface area contributed by atoms with Crippen LogP contribution in [0.5, 0.6) is 5.75 Å². The number of phenols is 1. The van der Waals surface area contributed by atoms with Crippen LogP contribution in [-0.2, 0) is 27.2 Å². The lowest BCUT2D eigenvalue weighted by Crippen LogP contribution is -2.50. The van der Waals surface area contributed by atoms with Gasteiger partial charge in [0.2, 0.25) is 17.7 Å². The van der Waals surface area contributed by atoms with Crippen molar-refractivity contribution in [3.05, 3.63) is 90.0 Å². The Morgan fingerprint density at radius 2 is 1.41 bits per heavy atom. The summed E-state index contributed by atoms with van der Waals surface area (Å²) in [6.07, 6.45) is 1.08. The van der Waals surface area contributed by atoms with E-state index in [9.17, 15) is 19.5 Å². The number of aromatic hydroxyl groups is 1. The molecule has 0 spiro atoms. The van der Waals surface area contributed by atoms with Crippen LogP contribution in [0.25, 0.3) is 11.1 Å². The molecule has 206 valence electrons. The lowest BCUT2D eigenvalue weighted by Gasteiger charge is -2.23. The molecule has 0 aliphatic carbocycles. The molecule has 0 bridgehead atoms. The quantitative estimate of drug-likeness (QED) is 0.168. The van der Waals surface area contributed by atoms with E-state index in [2.05, 4.69) is 10.6 Å². The van der Waals surface area contributed by atoms with E-state index >= 15 is 0 Å². The van der Waals surface area contributed by atoms with Crippen LogP contribution in [0.15, 0.2) is 78.9 Å². The topological polar surface area (TPSA) is 128 Å². The Morgan fingerprint density at radius 3 is 2.03 bits per heavy atom. The molecule has 0 fully saturated rings. The van der Waals surface area contributed by atoms with E-state index in [1.807, 2.05) is 68.4 Å². The second-order valence-corrected chi connectivity index (χ2v) is 10.1. The van der Waals surface area contributed by atoms with E-state index < -0.39 is 23.8 Å². The number of hydrogen-bond acceptors (Lipinski definition) is 5. The molecule has 3 aromatic carbocycles. The van der Waals surface area contributed by atoms with Crippen molar-refractivity contribution in [3.8, 4) is 16.9 Å². The van der Waals surface area contributed by atoms with Crippen LogP contribution in [-0.4, -0.2) is 40.6 Å². The number of carbonyl (C=O) groups excluding carboxylic acids is 3. The van der Waals surface area contributed by atoms with Gasteiger partial charge in [-0.1, -0.05) is 80.6 Å². The fraction of sp³-hybridized carbons (Fsp3) is 0.323. The van der Waals surface area contributed by atoms with Crippen LogP contribution in [0.4, 0.5) is 0 Å². The van der Waals surface area contributed by atoms with Crippen molar-refractivity contribution in [2.45, 2.75) is 45.6 Å². The third kappa shape index (κ3) is 9.57.